The highest BCUT2D eigenvalue weighted by Crippen LogP contribution is 2.45. The summed E-state index contributed by atoms with van der Waals surface area (Å²) < 4.78 is 1.89. The molecular weight excluding hydrogens is 392 g/mol. The van der Waals surface area contributed by atoms with Crippen molar-refractivity contribution in [2.24, 2.45) is 5.41 Å². The number of hydrogen-bond donors (Lipinski definition) is 1. The lowest BCUT2D eigenvalue weighted by Gasteiger charge is -2.38. The minimum atomic E-state index is -0.236. The number of ketones is 1. The van der Waals surface area contributed by atoms with Crippen LogP contribution in [0.3, 0.4) is 0 Å². The van der Waals surface area contributed by atoms with Gasteiger partial charge in [0.25, 0.3) is 0 Å². The van der Waals surface area contributed by atoms with Crippen LogP contribution in [0.2, 0.25) is 0 Å². The molecule has 0 bridgehead atoms. The first kappa shape index (κ1) is 19.1. The first-order chi connectivity index (χ1) is 14.5. The van der Waals surface area contributed by atoms with Gasteiger partial charge in [0.1, 0.15) is 6.04 Å². The van der Waals surface area contributed by atoms with Gasteiger partial charge in [0.05, 0.1) is 0 Å². The van der Waals surface area contributed by atoms with Gasteiger partial charge in [-0.3, -0.25) is 4.79 Å². The molecule has 3 aromatic rings. The number of rotatable bonds is 4. The summed E-state index contributed by atoms with van der Waals surface area (Å²) in [5, 5.41) is 8.96. The van der Waals surface area contributed by atoms with Crippen molar-refractivity contribution in [3.63, 3.8) is 0 Å². The average Bonchev–Trinajstić information content (AvgIpc) is 3.13. The molecule has 2 heterocycles. The van der Waals surface area contributed by atoms with Crippen LogP contribution in [0, 0.1) is 5.41 Å². The lowest BCUT2D eigenvalue weighted by molar-refractivity contribution is -0.118. The molecule has 2 aromatic carbocycles. The van der Waals surface area contributed by atoms with Crippen molar-refractivity contribution in [1.29, 1.82) is 0 Å². The molecule has 0 fully saturated rings. The van der Waals surface area contributed by atoms with E-state index in [1.165, 1.54) is 5.56 Å². The third kappa shape index (κ3) is 3.56. The second kappa shape index (κ2) is 7.43. The molecule has 0 saturated heterocycles. The lowest BCUT2D eigenvalue weighted by Crippen LogP contribution is -2.36. The third-order valence-electron chi connectivity index (χ3n) is 5.64. The molecule has 5 rings (SSSR count). The Bertz CT molecular complexity index is 1120. The van der Waals surface area contributed by atoms with Crippen molar-refractivity contribution < 1.29 is 4.79 Å². The van der Waals surface area contributed by atoms with E-state index in [0.29, 0.717) is 17.5 Å². The number of benzene rings is 2. The molecule has 0 unspecified atom stereocenters. The summed E-state index contributed by atoms with van der Waals surface area (Å²) in [7, 11) is 0. The number of carbonyl (C=O) groups is 1. The van der Waals surface area contributed by atoms with Crippen LogP contribution in [0.5, 0.6) is 0 Å². The van der Waals surface area contributed by atoms with Gasteiger partial charge in [-0.05, 0) is 23.0 Å². The Morgan fingerprint density at radius 3 is 2.50 bits per heavy atom. The maximum atomic E-state index is 13.2. The van der Waals surface area contributed by atoms with Crippen molar-refractivity contribution in [3.8, 4) is 0 Å². The maximum Gasteiger partial charge on any atom is 0.227 e. The van der Waals surface area contributed by atoms with Gasteiger partial charge in [0.2, 0.25) is 11.1 Å². The van der Waals surface area contributed by atoms with Crippen molar-refractivity contribution in [1.82, 2.24) is 14.8 Å². The number of carbonyl (C=O) groups excluding carboxylic acids is 1. The quantitative estimate of drug-likeness (QED) is 0.590. The molecule has 2 aliphatic rings. The van der Waals surface area contributed by atoms with E-state index in [1.807, 2.05) is 41.1 Å². The number of hydrogen-bond acceptors (Lipinski definition) is 5. The molecule has 1 atom stereocenters. The number of nitrogens with zero attached hydrogens (tertiary/aromatic N) is 3. The molecule has 0 saturated carbocycles. The summed E-state index contributed by atoms with van der Waals surface area (Å²) in [6, 6.07) is 20.2. The van der Waals surface area contributed by atoms with Gasteiger partial charge in [-0.15, -0.1) is 5.10 Å². The zero-order chi connectivity index (χ0) is 20.7. The van der Waals surface area contributed by atoms with Gasteiger partial charge in [0, 0.05) is 23.4 Å². The minimum absolute atomic E-state index is 0.0583. The van der Waals surface area contributed by atoms with Crippen molar-refractivity contribution in [3.05, 3.63) is 83.1 Å². The normalized spacial score (nSPS) is 19.8. The van der Waals surface area contributed by atoms with Crippen LogP contribution < -0.4 is 5.32 Å². The zero-order valence-corrected chi connectivity index (χ0v) is 17.9. The van der Waals surface area contributed by atoms with Gasteiger partial charge >= 0.3 is 0 Å². The van der Waals surface area contributed by atoms with E-state index in [2.05, 4.69) is 43.4 Å². The fraction of sp³-hybridized carbons (Fsp3) is 0.292. The van der Waals surface area contributed by atoms with E-state index in [0.717, 1.165) is 29.0 Å². The summed E-state index contributed by atoms with van der Waals surface area (Å²) in [6.07, 6.45) is 1.38. The summed E-state index contributed by atoms with van der Waals surface area (Å²) >= 11 is 1.61. The van der Waals surface area contributed by atoms with E-state index < -0.39 is 0 Å². The number of thioether (sulfide) groups is 1. The summed E-state index contributed by atoms with van der Waals surface area (Å²) in [6.45, 7) is 4.29. The fourth-order valence-electron chi connectivity index (χ4n) is 4.32. The topological polar surface area (TPSA) is 59.8 Å². The molecular formula is C24H24N4OS. The molecule has 0 radical (unpaired) electrons. The summed E-state index contributed by atoms with van der Waals surface area (Å²) in [4.78, 5) is 18.0. The van der Waals surface area contributed by atoms with Crippen LogP contribution in [0.4, 0.5) is 5.95 Å². The highest BCUT2D eigenvalue weighted by atomic mass is 32.2. The van der Waals surface area contributed by atoms with E-state index in [4.69, 9.17) is 10.1 Å². The number of nitrogens with one attached hydrogen (secondary N) is 1. The van der Waals surface area contributed by atoms with Crippen molar-refractivity contribution >= 4 is 23.5 Å². The van der Waals surface area contributed by atoms with Gasteiger partial charge in [-0.25, -0.2) is 4.68 Å². The molecule has 0 amide bonds. The molecule has 0 spiro atoms. The second-order valence-corrected chi connectivity index (χ2v) is 9.65. The molecule has 1 aliphatic carbocycles. The van der Waals surface area contributed by atoms with E-state index >= 15 is 0 Å². The molecule has 1 aromatic heterocycles. The maximum absolute atomic E-state index is 13.2. The highest BCUT2D eigenvalue weighted by molar-refractivity contribution is 7.98. The molecule has 1 N–H and O–H groups in total. The van der Waals surface area contributed by atoms with E-state index in [-0.39, 0.29) is 17.2 Å². The average molecular weight is 417 g/mol. The third-order valence-corrected chi connectivity index (χ3v) is 6.55. The van der Waals surface area contributed by atoms with Gasteiger partial charge < -0.3 is 5.32 Å². The second-order valence-electron chi connectivity index (χ2n) is 8.71. The first-order valence-corrected chi connectivity index (χ1v) is 11.2. The van der Waals surface area contributed by atoms with E-state index in [1.54, 1.807) is 11.8 Å². The molecule has 30 heavy (non-hydrogen) atoms. The van der Waals surface area contributed by atoms with Crippen LogP contribution in [-0.4, -0.2) is 20.5 Å². The van der Waals surface area contributed by atoms with Crippen LogP contribution in [-0.2, 0) is 10.5 Å². The molecule has 152 valence electrons. The Kier molecular flexibility index (Phi) is 4.74. The number of anilines is 1. The number of aromatic nitrogens is 3. The predicted octanol–water partition coefficient (Wildman–Crippen LogP) is 5.23. The fourth-order valence-corrected chi connectivity index (χ4v) is 5.10. The van der Waals surface area contributed by atoms with Gasteiger partial charge in [-0.2, -0.15) is 4.98 Å². The number of fused-ring (bicyclic) bond motifs is 1. The SMILES string of the molecule is CC1(C)CC(=O)C2=C(C1)Nc1nc(SCc3ccccc3)nn1[C@H]2c1ccccc1. The van der Waals surface area contributed by atoms with Gasteiger partial charge in [-0.1, -0.05) is 86.3 Å². The Labute approximate surface area is 180 Å². The largest absolute Gasteiger partial charge is 0.328 e. The monoisotopic (exact) mass is 416 g/mol. The Morgan fingerprint density at radius 1 is 1.07 bits per heavy atom. The van der Waals surface area contributed by atoms with Crippen LogP contribution in [0.1, 0.15) is 43.9 Å². The number of Topliss-reactive ketones (excluding diaryl/α,β-unsaturated/α-hetero) is 1. The van der Waals surface area contributed by atoms with Crippen molar-refractivity contribution in [2.75, 3.05) is 5.32 Å². The predicted molar refractivity (Wildman–Crippen MR) is 119 cm³/mol. The van der Waals surface area contributed by atoms with Crippen molar-refractivity contribution in [2.45, 2.75) is 43.6 Å². The minimum Gasteiger partial charge on any atom is -0.328 e. The van der Waals surface area contributed by atoms with E-state index in [9.17, 15) is 4.79 Å². The summed E-state index contributed by atoms with van der Waals surface area (Å²) in [5.74, 6) is 1.71. The smallest absolute Gasteiger partial charge is 0.227 e. The molecule has 5 nitrogen and oxygen atoms in total. The molecule has 1 aliphatic heterocycles. The van der Waals surface area contributed by atoms with Crippen LogP contribution in [0.25, 0.3) is 0 Å². The Morgan fingerprint density at radius 2 is 1.77 bits per heavy atom. The zero-order valence-electron chi connectivity index (χ0n) is 17.1. The summed E-state index contributed by atoms with van der Waals surface area (Å²) in [5.41, 5.74) is 4.06. The van der Waals surface area contributed by atoms with Crippen LogP contribution in [0.15, 0.2) is 77.1 Å². The standard InChI is InChI=1S/C24H24N4OS/c1-24(2)13-18-20(19(29)14-24)21(17-11-7-4-8-12-17)28-22(25-18)26-23(27-28)30-15-16-9-5-3-6-10-16/h3-12,21H,13-15H2,1-2H3,(H,25,26,27)/t21-/m0/s1. The van der Waals surface area contributed by atoms with Crippen LogP contribution >= 0.6 is 11.8 Å². The Balaban J connectivity index is 1.53. The number of allylic oxidation sites excluding steroid dienone is 2. The van der Waals surface area contributed by atoms with Gasteiger partial charge in [0.15, 0.2) is 5.78 Å². The lowest BCUT2D eigenvalue weighted by atomic mass is 9.73. The Hall–Kier alpha value is -2.86. The molecule has 6 heteroatoms. The highest BCUT2D eigenvalue weighted by Gasteiger charge is 2.41. The first-order valence-electron chi connectivity index (χ1n) is 10.2.